The summed E-state index contributed by atoms with van der Waals surface area (Å²) in [4.78, 5) is 14.0. The number of halogens is 2. The molecule has 1 heterocycles. The first-order chi connectivity index (χ1) is 12.5. The Bertz CT molecular complexity index is 743. The lowest BCUT2D eigenvalue weighted by Gasteiger charge is -2.36. The molecule has 0 unspecified atom stereocenters. The summed E-state index contributed by atoms with van der Waals surface area (Å²) in [5, 5.41) is 3.56. The van der Waals surface area contributed by atoms with Crippen LogP contribution in [0.2, 0.25) is 0 Å². The van der Waals surface area contributed by atoms with Gasteiger partial charge in [-0.2, -0.15) is 0 Å². The Hall–Kier alpha value is -2.28. The second-order valence-electron chi connectivity index (χ2n) is 6.97. The van der Waals surface area contributed by atoms with Crippen molar-refractivity contribution < 1.29 is 18.1 Å². The molecular formula is C19H23F2N3O2. The van der Waals surface area contributed by atoms with Crippen molar-refractivity contribution in [1.82, 2.24) is 10.1 Å². The molecule has 5 nitrogen and oxygen atoms in total. The molecule has 1 saturated carbocycles. The molecule has 140 valence electrons. The molecule has 0 aliphatic heterocycles. The van der Waals surface area contributed by atoms with Gasteiger partial charge < -0.3 is 15.2 Å². The van der Waals surface area contributed by atoms with Crippen LogP contribution >= 0.6 is 0 Å². The zero-order chi connectivity index (χ0) is 18.7. The summed E-state index contributed by atoms with van der Waals surface area (Å²) in [5.41, 5.74) is 6.58. The number of benzene rings is 1. The van der Waals surface area contributed by atoms with E-state index in [1.807, 2.05) is 0 Å². The van der Waals surface area contributed by atoms with Crippen molar-refractivity contribution in [3.8, 4) is 0 Å². The monoisotopic (exact) mass is 363 g/mol. The van der Waals surface area contributed by atoms with E-state index in [4.69, 9.17) is 10.3 Å². The van der Waals surface area contributed by atoms with Gasteiger partial charge in [-0.3, -0.25) is 4.79 Å². The van der Waals surface area contributed by atoms with Gasteiger partial charge >= 0.3 is 0 Å². The van der Waals surface area contributed by atoms with Crippen LogP contribution in [0.5, 0.6) is 0 Å². The van der Waals surface area contributed by atoms with Gasteiger partial charge in [-0.15, -0.1) is 0 Å². The van der Waals surface area contributed by atoms with E-state index in [-0.39, 0.29) is 29.7 Å². The largest absolute Gasteiger partial charge is 0.351 e. The zero-order valence-electron chi connectivity index (χ0n) is 14.7. The highest BCUT2D eigenvalue weighted by atomic mass is 19.1. The highest BCUT2D eigenvalue weighted by molar-refractivity contribution is 5.91. The fourth-order valence-electron chi connectivity index (χ4n) is 3.70. The van der Waals surface area contributed by atoms with Gasteiger partial charge in [-0.1, -0.05) is 5.16 Å². The Morgan fingerprint density at radius 3 is 2.69 bits per heavy atom. The highest BCUT2D eigenvalue weighted by Crippen LogP contribution is 2.30. The van der Waals surface area contributed by atoms with Gasteiger partial charge in [0, 0.05) is 25.2 Å². The number of carbonyl (C=O) groups excluding carboxylic acids is 1. The molecule has 1 aliphatic carbocycles. The second kappa shape index (κ2) is 7.95. The summed E-state index contributed by atoms with van der Waals surface area (Å²) in [6, 6.07) is 4.89. The van der Waals surface area contributed by atoms with E-state index < -0.39 is 11.6 Å². The molecule has 0 spiro atoms. The van der Waals surface area contributed by atoms with Crippen LogP contribution in [0.4, 0.5) is 8.78 Å². The van der Waals surface area contributed by atoms with Gasteiger partial charge in [0.05, 0.1) is 6.20 Å². The van der Waals surface area contributed by atoms with Crippen molar-refractivity contribution in [2.24, 2.45) is 11.7 Å². The number of hydrogen-bond acceptors (Lipinski definition) is 4. The SMILES string of the molecule is CN(C(=O)c1ccno1)C1CCC([C@H](N)Cc2cc(F)ccc2F)CC1. The van der Waals surface area contributed by atoms with Crippen LogP contribution in [0.15, 0.2) is 35.0 Å². The third-order valence-electron chi connectivity index (χ3n) is 5.33. The minimum absolute atomic E-state index is 0.113. The Labute approximate surface area is 151 Å². The molecule has 1 aromatic carbocycles. The van der Waals surface area contributed by atoms with Gasteiger partial charge in [0.25, 0.3) is 5.91 Å². The third kappa shape index (κ3) is 4.09. The lowest BCUT2D eigenvalue weighted by atomic mass is 9.79. The topological polar surface area (TPSA) is 72.4 Å². The minimum Gasteiger partial charge on any atom is -0.351 e. The van der Waals surface area contributed by atoms with Crippen molar-refractivity contribution in [2.45, 2.75) is 44.2 Å². The minimum atomic E-state index is -0.454. The van der Waals surface area contributed by atoms with Crippen LogP contribution in [-0.2, 0) is 6.42 Å². The maximum absolute atomic E-state index is 13.8. The fraction of sp³-hybridized carbons (Fsp3) is 0.474. The van der Waals surface area contributed by atoms with Gasteiger partial charge in [0.1, 0.15) is 11.6 Å². The van der Waals surface area contributed by atoms with E-state index in [1.165, 1.54) is 12.3 Å². The van der Waals surface area contributed by atoms with Crippen LogP contribution in [0.25, 0.3) is 0 Å². The molecule has 2 N–H and O–H groups in total. The van der Waals surface area contributed by atoms with E-state index in [1.54, 1.807) is 18.0 Å². The van der Waals surface area contributed by atoms with Crippen LogP contribution in [0.1, 0.15) is 41.8 Å². The van der Waals surface area contributed by atoms with Crippen LogP contribution in [-0.4, -0.2) is 35.1 Å². The van der Waals surface area contributed by atoms with Crippen LogP contribution in [0, 0.1) is 17.6 Å². The number of carbonyl (C=O) groups is 1. The zero-order valence-corrected chi connectivity index (χ0v) is 14.7. The second-order valence-corrected chi connectivity index (χ2v) is 6.97. The molecule has 1 amide bonds. The average molecular weight is 363 g/mol. The van der Waals surface area contributed by atoms with Crippen molar-refractivity contribution in [1.29, 1.82) is 0 Å². The maximum atomic E-state index is 13.8. The molecule has 1 fully saturated rings. The number of rotatable bonds is 5. The Morgan fingerprint density at radius 2 is 2.04 bits per heavy atom. The van der Waals surface area contributed by atoms with Crippen molar-refractivity contribution in [2.75, 3.05) is 7.05 Å². The van der Waals surface area contributed by atoms with E-state index in [9.17, 15) is 13.6 Å². The molecule has 0 bridgehead atoms. The van der Waals surface area contributed by atoms with E-state index in [0.717, 1.165) is 37.8 Å². The summed E-state index contributed by atoms with van der Waals surface area (Å²) >= 11 is 0. The smallest absolute Gasteiger partial charge is 0.292 e. The van der Waals surface area contributed by atoms with E-state index >= 15 is 0 Å². The summed E-state index contributed by atoms with van der Waals surface area (Å²) < 4.78 is 32.0. The number of amides is 1. The van der Waals surface area contributed by atoms with Crippen LogP contribution in [0.3, 0.4) is 0 Å². The third-order valence-corrected chi connectivity index (χ3v) is 5.33. The first-order valence-electron chi connectivity index (χ1n) is 8.83. The summed E-state index contributed by atoms with van der Waals surface area (Å²) in [6.07, 6.45) is 5.09. The number of nitrogens with two attached hydrogens (primary N) is 1. The molecule has 1 aliphatic rings. The molecule has 1 atom stereocenters. The first-order valence-corrected chi connectivity index (χ1v) is 8.83. The summed E-state index contributed by atoms with van der Waals surface area (Å²) in [6.45, 7) is 0. The lowest BCUT2D eigenvalue weighted by Crippen LogP contribution is -2.42. The Balaban J connectivity index is 1.54. The highest BCUT2D eigenvalue weighted by Gasteiger charge is 2.31. The van der Waals surface area contributed by atoms with Crippen molar-refractivity contribution >= 4 is 5.91 Å². The Kier molecular flexibility index (Phi) is 5.66. The summed E-state index contributed by atoms with van der Waals surface area (Å²) in [5.74, 6) is -0.606. The molecule has 7 heteroatoms. The summed E-state index contributed by atoms with van der Waals surface area (Å²) in [7, 11) is 1.76. The lowest BCUT2D eigenvalue weighted by molar-refractivity contribution is 0.0627. The molecular weight excluding hydrogens is 340 g/mol. The number of nitrogens with zero attached hydrogens (tertiary/aromatic N) is 2. The van der Waals surface area contributed by atoms with Gasteiger partial charge in [-0.05, 0) is 61.8 Å². The molecule has 0 saturated heterocycles. The molecule has 26 heavy (non-hydrogen) atoms. The van der Waals surface area contributed by atoms with Crippen molar-refractivity contribution in [3.63, 3.8) is 0 Å². The Morgan fingerprint density at radius 1 is 1.31 bits per heavy atom. The maximum Gasteiger partial charge on any atom is 0.292 e. The van der Waals surface area contributed by atoms with Gasteiger partial charge in [-0.25, -0.2) is 8.78 Å². The fourth-order valence-corrected chi connectivity index (χ4v) is 3.70. The first kappa shape index (κ1) is 18.5. The number of aromatic nitrogens is 1. The van der Waals surface area contributed by atoms with E-state index in [2.05, 4.69) is 5.16 Å². The molecule has 0 radical (unpaired) electrons. The van der Waals surface area contributed by atoms with Gasteiger partial charge in [0.15, 0.2) is 0 Å². The van der Waals surface area contributed by atoms with E-state index in [0.29, 0.717) is 12.0 Å². The van der Waals surface area contributed by atoms with Gasteiger partial charge in [0.2, 0.25) is 5.76 Å². The molecule has 1 aromatic heterocycles. The predicted octanol–water partition coefficient (Wildman–Crippen LogP) is 3.15. The predicted molar refractivity (Wildman–Crippen MR) is 92.4 cm³/mol. The average Bonchev–Trinajstić information content (AvgIpc) is 3.18. The van der Waals surface area contributed by atoms with Crippen LogP contribution < -0.4 is 5.73 Å². The standard InChI is InChI=1S/C19H23F2N3O2/c1-24(19(25)18-8-9-23-26-18)15-5-2-12(3-6-15)17(22)11-13-10-14(20)4-7-16(13)21/h4,7-10,12,15,17H,2-3,5-6,11,22H2,1H3/t12?,15?,17-/m1/s1. The molecule has 3 rings (SSSR count). The molecule has 2 aromatic rings. The normalized spacial score (nSPS) is 21.4. The quantitative estimate of drug-likeness (QED) is 0.886. The number of hydrogen-bond donors (Lipinski definition) is 1. The van der Waals surface area contributed by atoms with Crippen molar-refractivity contribution in [3.05, 3.63) is 53.4 Å².